The van der Waals surface area contributed by atoms with Crippen molar-refractivity contribution in [3.05, 3.63) is 52.1 Å². The first-order chi connectivity index (χ1) is 9.61. The molecular weight excluding hydrogens is 322 g/mol. The van der Waals surface area contributed by atoms with Crippen molar-refractivity contribution in [3.8, 4) is 0 Å². The molecule has 3 N–H and O–H groups in total. The van der Waals surface area contributed by atoms with Crippen LogP contribution in [0.1, 0.15) is 15.9 Å². The van der Waals surface area contributed by atoms with Gasteiger partial charge in [0.25, 0.3) is 0 Å². The highest BCUT2D eigenvalue weighted by Gasteiger charge is 2.11. The third-order valence-corrected chi connectivity index (χ3v) is 3.53. The molecular formula is C14H14BrN3O2. The minimum absolute atomic E-state index is 0.295. The van der Waals surface area contributed by atoms with Gasteiger partial charge >= 0.3 is 5.97 Å². The molecule has 0 bridgehead atoms. The molecule has 0 amide bonds. The van der Waals surface area contributed by atoms with Crippen LogP contribution in [0.3, 0.4) is 0 Å². The van der Waals surface area contributed by atoms with E-state index in [2.05, 4.69) is 31.0 Å². The number of anilines is 2. The summed E-state index contributed by atoms with van der Waals surface area (Å²) in [6, 6.07) is 9.45. The third kappa shape index (κ3) is 3.27. The molecule has 0 unspecified atom stereocenters. The van der Waals surface area contributed by atoms with Crippen molar-refractivity contribution in [1.82, 2.24) is 4.98 Å². The number of halogens is 1. The Morgan fingerprint density at radius 2 is 2.20 bits per heavy atom. The summed E-state index contributed by atoms with van der Waals surface area (Å²) < 4.78 is 5.68. The zero-order valence-electron chi connectivity index (χ0n) is 10.9. The lowest BCUT2D eigenvalue weighted by molar-refractivity contribution is 0.0602. The molecule has 1 aromatic heterocycles. The molecule has 6 heteroatoms. The van der Waals surface area contributed by atoms with Gasteiger partial charge in [-0.2, -0.15) is 0 Å². The van der Waals surface area contributed by atoms with Crippen LogP contribution in [0.2, 0.25) is 0 Å². The van der Waals surface area contributed by atoms with Gasteiger partial charge in [0.2, 0.25) is 0 Å². The molecule has 20 heavy (non-hydrogen) atoms. The summed E-state index contributed by atoms with van der Waals surface area (Å²) in [7, 11) is 1.32. The van der Waals surface area contributed by atoms with Crippen LogP contribution in [0.5, 0.6) is 0 Å². The van der Waals surface area contributed by atoms with Gasteiger partial charge in [-0.05, 0) is 17.7 Å². The maximum atomic E-state index is 11.5. The molecule has 2 aromatic rings. The molecule has 0 fully saturated rings. The fourth-order valence-corrected chi connectivity index (χ4v) is 2.10. The quantitative estimate of drug-likeness (QED) is 0.840. The lowest BCUT2D eigenvalue weighted by atomic mass is 10.2. The lowest BCUT2D eigenvalue weighted by Crippen LogP contribution is -2.09. The monoisotopic (exact) mass is 335 g/mol. The Balaban J connectivity index is 2.14. The Hall–Kier alpha value is -2.08. The van der Waals surface area contributed by atoms with Crippen molar-refractivity contribution in [1.29, 1.82) is 0 Å². The number of rotatable bonds is 4. The summed E-state index contributed by atoms with van der Waals surface area (Å²) in [4.78, 5) is 15.7. The molecule has 0 aliphatic heterocycles. The van der Waals surface area contributed by atoms with Gasteiger partial charge in [-0.25, -0.2) is 9.78 Å². The molecule has 0 aliphatic rings. The number of hydrogen-bond donors (Lipinski definition) is 2. The molecule has 0 saturated carbocycles. The van der Waals surface area contributed by atoms with Crippen molar-refractivity contribution >= 4 is 33.4 Å². The lowest BCUT2D eigenvalue weighted by Gasteiger charge is -2.09. The molecule has 0 radical (unpaired) electrons. The summed E-state index contributed by atoms with van der Waals surface area (Å²) in [6.45, 7) is 0.582. The average Bonchev–Trinajstić information content (AvgIpc) is 2.47. The molecule has 0 saturated heterocycles. The number of nitrogens with two attached hydrogens (primary N) is 1. The number of carbonyl (C=O) groups excluding carboxylic acids is 1. The topological polar surface area (TPSA) is 77.2 Å². The smallest absolute Gasteiger partial charge is 0.340 e. The second kappa shape index (κ2) is 6.38. The van der Waals surface area contributed by atoms with E-state index < -0.39 is 5.97 Å². The fourth-order valence-electron chi connectivity index (χ4n) is 1.68. The van der Waals surface area contributed by atoms with Gasteiger partial charge in [-0.3, -0.25) is 0 Å². The van der Waals surface area contributed by atoms with Gasteiger partial charge in [-0.1, -0.05) is 34.1 Å². The van der Waals surface area contributed by atoms with Crippen LogP contribution in [0.25, 0.3) is 0 Å². The zero-order chi connectivity index (χ0) is 14.5. The Labute approximate surface area is 125 Å². The van der Waals surface area contributed by atoms with Crippen molar-refractivity contribution in [2.45, 2.75) is 6.54 Å². The number of nitrogens with zero attached hydrogens (tertiary/aromatic N) is 1. The Morgan fingerprint density at radius 1 is 1.45 bits per heavy atom. The van der Waals surface area contributed by atoms with E-state index in [-0.39, 0.29) is 0 Å². The highest BCUT2D eigenvalue weighted by Crippen LogP contribution is 2.19. The predicted molar refractivity (Wildman–Crippen MR) is 81.5 cm³/mol. The summed E-state index contributed by atoms with van der Waals surface area (Å²) in [5, 5.41) is 3.14. The molecule has 104 valence electrons. The number of pyridine rings is 1. The average molecular weight is 336 g/mol. The normalized spacial score (nSPS) is 10.1. The minimum atomic E-state index is -0.478. The fraction of sp³-hybridized carbons (Fsp3) is 0.143. The van der Waals surface area contributed by atoms with Gasteiger partial charge in [0, 0.05) is 11.0 Å². The van der Waals surface area contributed by atoms with Crippen molar-refractivity contribution < 1.29 is 9.53 Å². The molecule has 1 heterocycles. The van der Waals surface area contributed by atoms with E-state index in [0.717, 1.165) is 10.0 Å². The standard InChI is InChI=1S/C14H14BrN3O2/c1-20-14(19)10-6-13(18-8-12(10)16)17-7-9-4-2-3-5-11(9)15/h2-6,8H,7,16H2,1H3,(H,17,18). The molecule has 2 rings (SSSR count). The largest absolute Gasteiger partial charge is 0.465 e. The highest BCUT2D eigenvalue weighted by atomic mass is 79.9. The second-order valence-electron chi connectivity index (χ2n) is 4.09. The van der Waals surface area contributed by atoms with Gasteiger partial charge in [0.05, 0.1) is 24.6 Å². The van der Waals surface area contributed by atoms with E-state index in [1.807, 2.05) is 24.3 Å². The van der Waals surface area contributed by atoms with E-state index in [1.165, 1.54) is 13.3 Å². The number of ether oxygens (including phenoxy) is 1. The Morgan fingerprint density at radius 3 is 2.90 bits per heavy atom. The second-order valence-corrected chi connectivity index (χ2v) is 4.95. The molecule has 0 atom stereocenters. The summed E-state index contributed by atoms with van der Waals surface area (Å²) in [5.74, 6) is 0.0872. The predicted octanol–water partition coefficient (Wildman–Crippen LogP) is 2.83. The first-order valence-electron chi connectivity index (χ1n) is 5.93. The zero-order valence-corrected chi connectivity index (χ0v) is 12.5. The summed E-state index contributed by atoms with van der Waals surface area (Å²) >= 11 is 3.48. The van der Waals surface area contributed by atoms with E-state index in [4.69, 9.17) is 5.73 Å². The number of nitrogens with one attached hydrogen (secondary N) is 1. The molecule has 0 spiro atoms. The van der Waals surface area contributed by atoms with Crippen LogP contribution in [-0.2, 0) is 11.3 Å². The highest BCUT2D eigenvalue weighted by molar-refractivity contribution is 9.10. The van der Waals surface area contributed by atoms with E-state index in [9.17, 15) is 4.79 Å². The van der Waals surface area contributed by atoms with Crippen LogP contribution in [0.4, 0.5) is 11.5 Å². The van der Waals surface area contributed by atoms with Crippen LogP contribution in [-0.4, -0.2) is 18.1 Å². The van der Waals surface area contributed by atoms with Crippen LogP contribution < -0.4 is 11.1 Å². The number of methoxy groups -OCH3 is 1. The molecule has 5 nitrogen and oxygen atoms in total. The first kappa shape index (κ1) is 14.3. The van der Waals surface area contributed by atoms with Gasteiger partial charge < -0.3 is 15.8 Å². The first-order valence-corrected chi connectivity index (χ1v) is 6.72. The van der Waals surface area contributed by atoms with Crippen molar-refractivity contribution in [2.75, 3.05) is 18.2 Å². The van der Waals surface area contributed by atoms with Gasteiger partial charge in [0.15, 0.2) is 0 Å². The van der Waals surface area contributed by atoms with E-state index in [1.54, 1.807) is 6.07 Å². The van der Waals surface area contributed by atoms with Gasteiger partial charge in [0.1, 0.15) is 5.82 Å². The van der Waals surface area contributed by atoms with Gasteiger partial charge in [-0.15, -0.1) is 0 Å². The summed E-state index contributed by atoms with van der Waals surface area (Å²) in [6.07, 6.45) is 1.44. The number of carbonyl (C=O) groups is 1. The Kier molecular flexibility index (Phi) is 4.57. The third-order valence-electron chi connectivity index (χ3n) is 2.76. The number of nitrogen functional groups attached to an aromatic ring is 1. The van der Waals surface area contributed by atoms with Crippen LogP contribution in [0.15, 0.2) is 41.0 Å². The van der Waals surface area contributed by atoms with E-state index >= 15 is 0 Å². The number of hydrogen-bond acceptors (Lipinski definition) is 5. The number of esters is 1. The molecule has 0 aliphatic carbocycles. The van der Waals surface area contributed by atoms with Crippen molar-refractivity contribution in [3.63, 3.8) is 0 Å². The summed E-state index contributed by atoms with van der Waals surface area (Å²) in [5.41, 5.74) is 7.38. The maximum Gasteiger partial charge on any atom is 0.340 e. The maximum absolute atomic E-state index is 11.5. The SMILES string of the molecule is COC(=O)c1cc(NCc2ccccc2Br)ncc1N. The minimum Gasteiger partial charge on any atom is -0.465 e. The van der Waals surface area contributed by atoms with E-state index in [0.29, 0.717) is 23.6 Å². The number of aromatic nitrogens is 1. The van der Waals surface area contributed by atoms with Crippen LogP contribution in [0, 0.1) is 0 Å². The Bertz CT molecular complexity index is 632. The molecule has 1 aromatic carbocycles. The van der Waals surface area contributed by atoms with Crippen molar-refractivity contribution in [2.24, 2.45) is 0 Å². The van der Waals surface area contributed by atoms with Crippen LogP contribution >= 0.6 is 15.9 Å². The number of benzene rings is 1.